The van der Waals surface area contributed by atoms with Crippen molar-refractivity contribution in [3.8, 4) is 0 Å². The van der Waals surface area contributed by atoms with Crippen LogP contribution in [0.25, 0.3) is 0 Å². The van der Waals surface area contributed by atoms with E-state index in [9.17, 15) is 0 Å². The molecule has 1 heterocycles. The molecular formula is C17H25N2+. The Morgan fingerprint density at radius 3 is 2.58 bits per heavy atom. The Hall–Kier alpha value is -1.57. The summed E-state index contributed by atoms with van der Waals surface area (Å²) in [6.07, 6.45) is 10.8. The first-order chi connectivity index (χ1) is 9.31. The lowest BCUT2D eigenvalue weighted by Gasteiger charge is -2.03. The number of rotatable bonds is 7. The molecular weight excluding hydrogens is 232 g/mol. The molecule has 2 nitrogen and oxygen atoms in total. The number of imidazole rings is 1. The maximum absolute atomic E-state index is 2.38. The summed E-state index contributed by atoms with van der Waals surface area (Å²) < 4.78 is 4.64. The molecule has 0 aliphatic rings. The lowest BCUT2D eigenvalue weighted by atomic mass is 10.1. The quantitative estimate of drug-likeness (QED) is 0.530. The summed E-state index contributed by atoms with van der Waals surface area (Å²) in [5.41, 5.74) is 1.37. The number of unbranched alkanes of at least 4 members (excludes halogenated alkanes) is 3. The minimum atomic E-state index is 0.977. The maximum Gasteiger partial charge on any atom is 0.256 e. The average molecular weight is 257 g/mol. The van der Waals surface area contributed by atoms with Crippen LogP contribution in [0.3, 0.4) is 0 Å². The Morgan fingerprint density at radius 1 is 1.05 bits per heavy atom. The summed E-state index contributed by atoms with van der Waals surface area (Å²) in [6.45, 7) is 3.24. The first-order valence-electron chi connectivity index (χ1n) is 7.39. The molecule has 2 aromatic rings. The van der Waals surface area contributed by atoms with Gasteiger partial charge in [0.15, 0.2) is 0 Å². The fourth-order valence-corrected chi connectivity index (χ4v) is 2.51. The van der Waals surface area contributed by atoms with Crippen LogP contribution in [0.5, 0.6) is 0 Å². The van der Waals surface area contributed by atoms with E-state index in [4.69, 9.17) is 0 Å². The van der Waals surface area contributed by atoms with E-state index in [1.807, 2.05) is 0 Å². The fourth-order valence-electron chi connectivity index (χ4n) is 2.51. The van der Waals surface area contributed by atoms with Crippen LogP contribution in [0, 0.1) is 0 Å². The van der Waals surface area contributed by atoms with Gasteiger partial charge in [-0.1, -0.05) is 56.5 Å². The monoisotopic (exact) mass is 257 g/mol. The van der Waals surface area contributed by atoms with Gasteiger partial charge in [0, 0.05) is 6.42 Å². The predicted octanol–water partition coefficient (Wildman–Crippen LogP) is 3.48. The molecule has 2 rings (SSSR count). The van der Waals surface area contributed by atoms with Crippen LogP contribution in [-0.2, 0) is 20.0 Å². The van der Waals surface area contributed by atoms with Gasteiger partial charge < -0.3 is 0 Å². The first kappa shape index (κ1) is 13.9. The highest BCUT2D eigenvalue weighted by Crippen LogP contribution is 2.08. The second kappa shape index (κ2) is 7.13. The second-order valence-corrected chi connectivity index (χ2v) is 5.25. The molecule has 0 unspecified atom stereocenters. The van der Waals surface area contributed by atoms with Gasteiger partial charge in [0.1, 0.15) is 18.9 Å². The van der Waals surface area contributed by atoms with Crippen molar-refractivity contribution in [3.63, 3.8) is 0 Å². The normalized spacial score (nSPS) is 10.8. The standard InChI is InChI=1S/C17H25N2/c1-3-4-5-9-12-17-18(2)13-14-19(17)15-16-10-7-6-8-11-16/h6-8,10-11,13-14H,3-5,9,12,15H2,1-2H3/q+1. The Morgan fingerprint density at radius 2 is 1.84 bits per heavy atom. The van der Waals surface area contributed by atoms with Gasteiger partial charge in [0.25, 0.3) is 5.82 Å². The van der Waals surface area contributed by atoms with Crippen molar-refractivity contribution in [2.75, 3.05) is 0 Å². The molecule has 0 saturated heterocycles. The van der Waals surface area contributed by atoms with Crippen molar-refractivity contribution < 1.29 is 4.57 Å². The van der Waals surface area contributed by atoms with Crippen molar-refractivity contribution in [1.82, 2.24) is 4.57 Å². The number of aromatic nitrogens is 2. The molecule has 2 heteroatoms. The third-order valence-electron chi connectivity index (χ3n) is 3.66. The zero-order valence-corrected chi connectivity index (χ0v) is 12.2. The van der Waals surface area contributed by atoms with Crippen LogP contribution in [0.4, 0.5) is 0 Å². The van der Waals surface area contributed by atoms with E-state index in [0.717, 1.165) is 6.54 Å². The molecule has 0 N–H and O–H groups in total. The number of benzene rings is 1. The summed E-state index contributed by atoms with van der Waals surface area (Å²) in [6, 6.07) is 10.7. The smallest absolute Gasteiger partial charge is 0.237 e. The van der Waals surface area contributed by atoms with Crippen molar-refractivity contribution in [3.05, 3.63) is 54.1 Å². The largest absolute Gasteiger partial charge is 0.256 e. The van der Waals surface area contributed by atoms with Crippen LogP contribution < -0.4 is 4.57 Å². The highest BCUT2D eigenvalue weighted by molar-refractivity contribution is 5.15. The minimum Gasteiger partial charge on any atom is -0.237 e. The fraction of sp³-hybridized carbons (Fsp3) is 0.471. The van der Waals surface area contributed by atoms with Crippen molar-refractivity contribution in [2.45, 2.75) is 45.6 Å². The molecule has 0 fully saturated rings. The predicted molar refractivity (Wildman–Crippen MR) is 79.0 cm³/mol. The molecule has 0 aliphatic carbocycles. The van der Waals surface area contributed by atoms with Crippen LogP contribution in [0.15, 0.2) is 42.7 Å². The highest BCUT2D eigenvalue weighted by atomic mass is 15.1. The molecule has 0 bridgehead atoms. The lowest BCUT2D eigenvalue weighted by Crippen LogP contribution is -2.32. The molecule has 0 saturated carbocycles. The summed E-state index contributed by atoms with van der Waals surface area (Å²) in [4.78, 5) is 0. The molecule has 0 atom stereocenters. The van der Waals surface area contributed by atoms with Gasteiger partial charge >= 0.3 is 0 Å². The molecule has 102 valence electrons. The van der Waals surface area contributed by atoms with Gasteiger partial charge in [-0.2, -0.15) is 0 Å². The number of nitrogens with zero attached hydrogens (tertiary/aromatic N) is 2. The van der Waals surface area contributed by atoms with Crippen molar-refractivity contribution >= 4 is 0 Å². The Balaban J connectivity index is 2.01. The summed E-state index contributed by atoms with van der Waals surface area (Å²) >= 11 is 0. The van der Waals surface area contributed by atoms with Gasteiger partial charge in [0.2, 0.25) is 0 Å². The van der Waals surface area contributed by atoms with E-state index in [2.05, 4.69) is 65.8 Å². The number of aryl methyl sites for hydroxylation is 1. The van der Waals surface area contributed by atoms with Crippen molar-refractivity contribution in [2.24, 2.45) is 7.05 Å². The number of hydrogen-bond acceptors (Lipinski definition) is 0. The van der Waals surface area contributed by atoms with Crippen LogP contribution in [0.1, 0.15) is 44.0 Å². The zero-order chi connectivity index (χ0) is 13.5. The van der Waals surface area contributed by atoms with Gasteiger partial charge in [-0.25, -0.2) is 9.13 Å². The van der Waals surface area contributed by atoms with E-state index in [0.29, 0.717) is 0 Å². The van der Waals surface area contributed by atoms with E-state index in [1.54, 1.807) is 0 Å². The molecule has 1 aromatic carbocycles. The summed E-state index contributed by atoms with van der Waals surface area (Å²) in [7, 11) is 2.15. The minimum absolute atomic E-state index is 0.977. The molecule has 19 heavy (non-hydrogen) atoms. The van der Waals surface area contributed by atoms with E-state index < -0.39 is 0 Å². The topological polar surface area (TPSA) is 8.81 Å². The summed E-state index contributed by atoms with van der Waals surface area (Å²) in [5, 5.41) is 0. The lowest BCUT2D eigenvalue weighted by molar-refractivity contribution is -0.678. The summed E-state index contributed by atoms with van der Waals surface area (Å²) in [5.74, 6) is 1.43. The van der Waals surface area contributed by atoms with Gasteiger partial charge in [-0.3, -0.25) is 0 Å². The Labute approximate surface area is 116 Å². The van der Waals surface area contributed by atoms with Gasteiger partial charge in [-0.15, -0.1) is 0 Å². The van der Waals surface area contributed by atoms with Crippen LogP contribution in [-0.4, -0.2) is 4.57 Å². The van der Waals surface area contributed by atoms with Gasteiger partial charge in [0.05, 0.1) is 7.05 Å². The average Bonchev–Trinajstić information content (AvgIpc) is 2.77. The van der Waals surface area contributed by atoms with Crippen molar-refractivity contribution in [1.29, 1.82) is 0 Å². The third-order valence-corrected chi connectivity index (χ3v) is 3.66. The van der Waals surface area contributed by atoms with Crippen LogP contribution in [0.2, 0.25) is 0 Å². The molecule has 1 aromatic heterocycles. The van der Waals surface area contributed by atoms with E-state index in [1.165, 1.54) is 43.5 Å². The van der Waals surface area contributed by atoms with E-state index in [-0.39, 0.29) is 0 Å². The maximum atomic E-state index is 2.38. The highest BCUT2D eigenvalue weighted by Gasteiger charge is 2.14. The van der Waals surface area contributed by atoms with E-state index >= 15 is 0 Å². The molecule has 0 spiro atoms. The zero-order valence-electron chi connectivity index (χ0n) is 12.2. The molecule has 0 aliphatic heterocycles. The second-order valence-electron chi connectivity index (χ2n) is 5.25. The molecule has 0 amide bonds. The SMILES string of the molecule is CCCCCCc1n(Cc2ccccc2)cc[n+]1C. The van der Waals surface area contributed by atoms with Gasteiger partial charge in [-0.05, 0) is 12.0 Å². The number of hydrogen-bond donors (Lipinski definition) is 0. The van der Waals surface area contributed by atoms with Crippen LogP contribution >= 0.6 is 0 Å². The Bertz CT molecular complexity index is 485. The Kier molecular flexibility index (Phi) is 5.20. The molecule has 0 radical (unpaired) electrons. The first-order valence-corrected chi connectivity index (χ1v) is 7.39. The third kappa shape index (κ3) is 3.95.